The summed E-state index contributed by atoms with van der Waals surface area (Å²) < 4.78 is 70.8. The average Bonchev–Trinajstić information content (AvgIpc) is 2.66. The smallest absolute Gasteiger partial charge is 0.416 e. The van der Waals surface area contributed by atoms with E-state index in [2.05, 4.69) is 0 Å². The van der Waals surface area contributed by atoms with Gasteiger partial charge in [0.2, 0.25) is 5.54 Å². The third-order valence-corrected chi connectivity index (χ3v) is 5.77. The quantitative estimate of drug-likeness (QED) is 0.471. The monoisotopic (exact) mass is 418 g/mol. The van der Waals surface area contributed by atoms with Gasteiger partial charge in [-0.1, -0.05) is 18.2 Å². The van der Waals surface area contributed by atoms with Crippen molar-refractivity contribution in [1.29, 1.82) is 0 Å². The molecule has 0 radical (unpaired) electrons. The number of rotatable bonds is 7. The van der Waals surface area contributed by atoms with E-state index in [1.807, 2.05) is 0 Å². The summed E-state index contributed by atoms with van der Waals surface area (Å²) in [6, 6.07) is 13.3. The number of carbonyl (C=O) groups excluding carboxylic acids is 1. The van der Waals surface area contributed by atoms with Gasteiger partial charge in [-0.05, 0) is 43.4 Å². The first-order valence-electron chi connectivity index (χ1n) is 7.81. The van der Waals surface area contributed by atoms with Crippen LogP contribution in [0.4, 0.5) is 13.2 Å². The largest absolute Gasteiger partial charge is 0.457 e. The van der Waals surface area contributed by atoms with E-state index in [4.69, 9.17) is 9.94 Å². The van der Waals surface area contributed by atoms with Crippen LogP contribution < -0.4 is 15.5 Å². The predicted octanol–water partition coefficient (Wildman–Crippen LogP) is 2.28. The Labute approximate surface area is 159 Å². The molecule has 152 valence electrons. The molecule has 2 aromatic rings. The van der Waals surface area contributed by atoms with Crippen molar-refractivity contribution in [2.75, 3.05) is 12.8 Å². The van der Waals surface area contributed by atoms with Crippen molar-refractivity contribution in [3.05, 3.63) is 54.6 Å². The first-order chi connectivity index (χ1) is 13.1. The van der Waals surface area contributed by atoms with Crippen LogP contribution in [0.15, 0.2) is 59.5 Å². The maximum absolute atomic E-state index is 13.4. The molecule has 0 aromatic heterocycles. The fourth-order valence-electron chi connectivity index (χ4n) is 2.41. The molecule has 0 saturated heterocycles. The number of likely N-dealkylation sites (N-methyl/N-ethyl adjacent to an activating group) is 1. The Kier molecular flexibility index (Phi) is 6.32. The van der Waals surface area contributed by atoms with Gasteiger partial charge in [-0.3, -0.25) is 15.3 Å². The molecule has 0 heterocycles. The molecule has 0 aliphatic rings. The molecule has 0 aliphatic heterocycles. The van der Waals surface area contributed by atoms with Crippen LogP contribution in [-0.4, -0.2) is 44.0 Å². The molecule has 0 saturated carbocycles. The van der Waals surface area contributed by atoms with Crippen LogP contribution in [0.2, 0.25) is 0 Å². The molecule has 1 atom stereocenters. The van der Waals surface area contributed by atoms with Crippen LogP contribution in [0.1, 0.15) is 0 Å². The standard InChI is InChI=1S/C17H17F3N2O5S/c1-21-16(15(23)22-24,17(18,19)20)11-28(25,26)14-9-7-13(8-10-14)27-12-5-3-2-4-6-12/h2-10,21,24H,11H2,1H3,(H,22,23). The maximum atomic E-state index is 13.4. The number of ether oxygens (including phenoxy) is 1. The Morgan fingerprint density at radius 3 is 2.04 bits per heavy atom. The molecule has 0 spiro atoms. The van der Waals surface area contributed by atoms with E-state index in [9.17, 15) is 26.4 Å². The number of nitrogens with one attached hydrogen (secondary N) is 2. The third kappa shape index (κ3) is 4.43. The minimum absolute atomic E-state index is 0.272. The zero-order valence-electron chi connectivity index (χ0n) is 14.5. The number of halogens is 3. The van der Waals surface area contributed by atoms with Crippen molar-refractivity contribution in [2.45, 2.75) is 16.6 Å². The van der Waals surface area contributed by atoms with Gasteiger partial charge in [-0.2, -0.15) is 13.2 Å². The molecule has 11 heteroatoms. The minimum atomic E-state index is -5.29. The molecule has 0 aliphatic carbocycles. The van der Waals surface area contributed by atoms with E-state index in [1.165, 1.54) is 12.1 Å². The number of carbonyl (C=O) groups is 1. The molecule has 1 unspecified atom stereocenters. The van der Waals surface area contributed by atoms with Crippen molar-refractivity contribution >= 4 is 15.7 Å². The van der Waals surface area contributed by atoms with E-state index in [1.54, 1.807) is 35.6 Å². The van der Waals surface area contributed by atoms with Crippen molar-refractivity contribution in [3.63, 3.8) is 0 Å². The summed E-state index contributed by atoms with van der Waals surface area (Å²) >= 11 is 0. The lowest BCUT2D eigenvalue weighted by atomic mass is 10.0. The van der Waals surface area contributed by atoms with E-state index in [0.29, 0.717) is 5.75 Å². The van der Waals surface area contributed by atoms with Crippen LogP contribution in [0.3, 0.4) is 0 Å². The highest BCUT2D eigenvalue weighted by Crippen LogP contribution is 2.34. The summed E-state index contributed by atoms with van der Waals surface area (Å²) in [5.41, 5.74) is -2.66. The van der Waals surface area contributed by atoms with Gasteiger partial charge in [0.25, 0.3) is 5.91 Å². The average molecular weight is 418 g/mol. The summed E-state index contributed by atoms with van der Waals surface area (Å²) in [5.74, 6) is -2.82. The summed E-state index contributed by atoms with van der Waals surface area (Å²) in [5, 5.41) is 10.3. The summed E-state index contributed by atoms with van der Waals surface area (Å²) in [6.45, 7) is 0. The van der Waals surface area contributed by atoms with Crippen molar-refractivity contribution in [3.8, 4) is 11.5 Å². The zero-order valence-corrected chi connectivity index (χ0v) is 15.3. The lowest BCUT2D eigenvalue weighted by Crippen LogP contribution is -2.67. The number of hydroxylamine groups is 1. The molecule has 2 rings (SSSR count). The normalized spacial score (nSPS) is 14.2. The highest BCUT2D eigenvalue weighted by molar-refractivity contribution is 7.91. The lowest BCUT2D eigenvalue weighted by Gasteiger charge is -2.32. The highest BCUT2D eigenvalue weighted by Gasteiger charge is 2.62. The second-order valence-corrected chi connectivity index (χ2v) is 7.73. The maximum Gasteiger partial charge on any atom is 0.416 e. The Morgan fingerprint density at radius 2 is 1.57 bits per heavy atom. The van der Waals surface area contributed by atoms with Gasteiger partial charge in [-0.15, -0.1) is 0 Å². The Bertz CT molecular complexity index is 918. The molecule has 0 bridgehead atoms. The van der Waals surface area contributed by atoms with E-state index < -0.39 is 38.1 Å². The first-order valence-corrected chi connectivity index (χ1v) is 9.47. The third-order valence-electron chi connectivity index (χ3n) is 3.97. The summed E-state index contributed by atoms with van der Waals surface area (Å²) in [4.78, 5) is 11.2. The van der Waals surface area contributed by atoms with Gasteiger partial charge < -0.3 is 4.74 Å². The number of benzene rings is 2. The van der Waals surface area contributed by atoms with Crippen molar-refractivity contribution < 1.29 is 36.3 Å². The molecular formula is C17H17F3N2O5S. The van der Waals surface area contributed by atoms with Gasteiger partial charge in [0.05, 0.1) is 10.6 Å². The van der Waals surface area contributed by atoms with E-state index in [-0.39, 0.29) is 5.75 Å². The SMILES string of the molecule is CNC(CS(=O)(=O)c1ccc(Oc2ccccc2)cc1)(C(=O)NO)C(F)(F)F. The van der Waals surface area contributed by atoms with Gasteiger partial charge in [0.1, 0.15) is 11.5 Å². The Morgan fingerprint density at radius 1 is 1.04 bits per heavy atom. The summed E-state index contributed by atoms with van der Waals surface area (Å²) in [7, 11) is -3.80. The molecule has 2 aromatic carbocycles. The Balaban J connectivity index is 2.31. The van der Waals surface area contributed by atoms with Crippen molar-refractivity contribution in [2.24, 2.45) is 0 Å². The van der Waals surface area contributed by atoms with Crippen LogP contribution in [-0.2, 0) is 14.6 Å². The molecule has 0 fully saturated rings. The summed E-state index contributed by atoms with van der Waals surface area (Å²) in [6.07, 6.45) is -5.29. The first kappa shape index (κ1) is 21.7. The number of sulfone groups is 1. The predicted molar refractivity (Wildman–Crippen MR) is 92.8 cm³/mol. The van der Waals surface area contributed by atoms with Crippen LogP contribution in [0, 0.1) is 0 Å². The van der Waals surface area contributed by atoms with Gasteiger partial charge in [-0.25, -0.2) is 13.9 Å². The van der Waals surface area contributed by atoms with E-state index in [0.717, 1.165) is 24.7 Å². The number of alkyl halides is 3. The molecule has 7 nitrogen and oxygen atoms in total. The molecule has 1 amide bonds. The second kappa shape index (κ2) is 8.17. The van der Waals surface area contributed by atoms with Crippen LogP contribution in [0.25, 0.3) is 0 Å². The van der Waals surface area contributed by atoms with Gasteiger partial charge in [0, 0.05) is 0 Å². The topological polar surface area (TPSA) is 105 Å². The molecule has 3 N–H and O–H groups in total. The second-order valence-electron chi connectivity index (χ2n) is 5.74. The number of para-hydroxylation sites is 1. The Hall–Kier alpha value is -2.63. The van der Waals surface area contributed by atoms with Crippen LogP contribution in [0.5, 0.6) is 11.5 Å². The van der Waals surface area contributed by atoms with E-state index >= 15 is 0 Å². The number of hydrogen-bond acceptors (Lipinski definition) is 6. The lowest BCUT2D eigenvalue weighted by molar-refractivity contribution is -0.197. The van der Waals surface area contributed by atoms with Crippen LogP contribution >= 0.6 is 0 Å². The zero-order chi connectivity index (χ0) is 21.0. The highest BCUT2D eigenvalue weighted by atomic mass is 32.2. The fraction of sp³-hybridized carbons (Fsp3) is 0.235. The van der Waals surface area contributed by atoms with Gasteiger partial charge >= 0.3 is 6.18 Å². The van der Waals surface area contributed by atoms with Gasteiger partial charge in [0.15, 0.2) is 9.84 Å². The number of hydrogen-bond donors (Lipinski definition) is 3. The van der Waals surface area contributed by atoms with Crippen molar-refractivity contribution in [1.82, 2.24) is 10.8 Å². The minimum Gasteiger partial charge on any atom is -0.457 e. The molecule has 28 heavy (non-hydrogen) atoms. The molecular weight excluding hydrogens is 401 g/mol. The fourth-order valence-corrected chi connectivity index (χ4v) is 4.13. The number of amides is 1.